The molecule has 146 valence electrons. The van der Waals surface area contributed by atoms with Crippen molar-refractivity contribution in [3.8, 4) is 11.1 Å². The summed E-state index contributed by atoms with van der Waals surface area (Å²) in [5.74, 6) is 1.32. The molecule has 0 spiro atoms. The van der Waals surface area contributed by atoms with Crippen LogP contribution in [0.25, 0.3) is 11.1 Å². The first-order valence-corrected chi connectivity index (χ1v) is 10.6. The number of carbonyl (C=O) groups is 1. The van der Waals surface area contributed by atoms with Crippen molar-refractivity contribution in [2.75, 3.05) is 19.7 Å². The number of carbonyl (C=O) groups excluding carboxylic acids is 1. The van der Waals surface area contributed by atoms with E-state index in [1.54, 1.807) is 0 Å². The molecule has 1 amide bonds. The Labute approximate surface area is 166 Å². The number of nitrogens with two attached hydrogens (primary N) is 1. The van der Waals surface area contributed by atoms with Gasteiger partial charge in [0.1, 0.15) is 6.61 Å². The van der Waals surface area contributed by atoms with Crippen molar-refractivity contribution >= 4 is 6.09 Å². The third-order valence-electron chi connectivity index (χ3n) is 6.82. The second-order valence-electron chi connectivity index (χ2n) is 8.53. The van der Waals surface area contributed by atoms with Crippen molar-refractivity contribution in [3.63, 3.8) is 0 Å². The maximum absolute atomic E-state index is 13.0. The summed E-state index contributed by atoms with van der Waals surface area (Å²) in [6.45, 7) is 1.91. The van der Waals surface area contributed by atoms with E-state index in [0.717, 1.165) is 25.9 Å². The lowest BCUT2D eigenvalue weighted by Gasteiger charge is -2.39. The van der Waals surface area contributed by atoms with Crippen LogP contribution >= 0.6 is 0 Å². The van der Waals surface area contributed by atoms with E-state index >= 15 is 0 Å². The second-order valence-corrected chi connectivity index (χ2v) is 8.53. The summed E-state index contributed by atoms with van der Waals surface area (Å²) in [5, 5.41) is 0. The van der Waals surface area contributed by atoms with Crippen LogP contribution in [0.2, 0.25) is 0 Å². The van der Waals surface area contributed by atoms with Gasteiger partial charge >= 0.3 is 6.09 Å². The lowest BCUT2D eigenvalue weighted by molar-refractivity contribution is 0.0544. The van der Waals surface area contributed by atoms with Gasteiger partial charge in [0.25, 0.3) is 0 Å². The third kappa shape index (κ3) is 3.10. The number of piperidine rings is 1. The summed E-state index contributed by atoms with van der Waals surface area (Å²) in [4.78, 5) is 15.0. The fraction of sp³-hybridized carbons (Fsp3) is 0.458. The molecule has 1 saturated heterocycles. The van der Waals surface area contributed by atoms with Crippen LogP contribution in [0.3, 0.4) is 0 Å². The molecule has 2 aliphatic carbocycles. The number of hydrogen-bond donors (Lipinski definition) is 1. The van der Waals surface area contributed by atoms with Crippen LogP contribution in [0, 0.1) is 11.8 Å². The van der Waals surface area contributed by atoms with Gasteiger partial charge in [0.05, 0.1) is 0 Å². The van der Waals surface area contributed by atoms with Crippen LogP contribution in [-0.4, -0.2) is 36.7 Å². The van der Waals surface area contributed by atoms with E-state index in [1.807, 2.05) is 4.90 Å². The summed E-state index contributed by atoms with van der Waals surface area (Å²) in [5.41, 5.74) is 11.0. The normalized spacial score (nSPS) is 24.0. The van der Waals surface area contributed by atoms with Crippen molar-refractivity contribution in [2.45, 2.75) is 37.6 Å². The number of benzene rings is 2. The van der Waals surface area contributed by atoms with Gasteiger partial charge in [-0.1, -0.05) is 48.5 Å². The van der Waals surface area contributed by atoms with Crippen molar-refractivity contribution < 1.29 is 9.53 Å². The molecule has 1 saturated carbocycles. The lowest BCUT2D eigenvalue weighted by atomic mass is 9.89. The minimum absolute atomic E-state index is 0.123. The van der Waals surface area contributed by atoms with Gasteiger partial charge in [0.2, 0.25) is 0 Å². The topological polar surface area (TPSA) is 55.6 Å². The Balaban J connectivity index is 1.32. The molecule has 2 N–H and O–H groups in total. The molecule has 0 bridgehead atoms. The molecule has 4 nitrogen and oxygen atoms in total. The highest BCUT2D eigenvalue weighted by molar-refractivity contribution is 5.79. The number of ether oxygens (including phenoxy) is 1. The highest BCUT2D eigenvalue weighted by Crippen LogP contribution is 2.45. The Kier molecular flexibility index (Phi) is 4.59. The largest absolute Gasteiger partial charge is 0.448 e. The van der Waals surface area contributed by atoms with E-state index in [4.69, 9.17) is 10.5 Å². The Bertz CT molecular complexity index is 831. The first kappa shape index (κ1) is 17.7. The summed E-state index contributed by atoms with van der Waals surface area (Å²) >= 11 is 0. The van der Waals surface area contributed by atoms with Gasteiger partial charge in [0, 0.05) is 18.5 Å². The van der Waals surface area contributed by atoms with Crippen LogP contribution in [0.1, 0.15) is 42.7 Å². The number of nitrogens with zero attached hydrogens (tertiary/aromatic N) is 1. The first-order valence-electron chi connectivity index (χ1n) is 10.6. The van der Waals surface area contributed by atoms with Gasteiger partial charge in [-0.3, -0.25) is 0 Å². The number of fused-ring (bicyclic) bond motifs is 3. The van der Waals surface area contributed by atoms with Gasteiger partial charge < -0.3 is 15.4 Å². The molecule has 2 fully saturated rings. The minimum Gasteiger partial charge on any atom is -0.448 e. The van der Waals surface area contributed by atoms with E-state index in [2.05, 4.69) is 48.5 Å². The molecule has 1 heterocycles. The Morgan fingerprint density at radius 1 is 1.00 bits per heavy atom. The molecule has 3 aliphatic rings. The molecule has 2 atom stereocenters. The molecule has 5 rings (SSSR count). The first-order chi connectivity index (χ1) is 13.8. The zero-order chi connectivity index (χ0) is 19.1. The molecule has 2 aromatic carbocycles. The van der Waals surface area contributed by atoms with Crippen LogP contribution in [0.4, 0.5) is 4.79 Å². The molecule has 28 heavy (non-hydrogen) atoms. The van der Waals surface area contributed by atoms with Crippen LogP contribution in [0.5, 0.6) is 0 Å². The highest BCUT2D eigenvalue weighted by atomic mass is 16.6. The predicted molar refractivity (Wildman–Crippen MR) is 110 cm³/mol. The maximum atomic E-state index is 13.0. The van der Waals surface area contributed by atoms with Gasteiger partial charge in [0.15, 0.2) is 0 Å². The van der Waals surface area contributed by atoms with Crippen LogP contribution < -0.4 is 5.73 Å². The number of hydrogen-bond acceptors (Lipinski definition) is 3. The minimum atomic E-state index is -0.144. The van der Waals surface area contributed by atoms with Gasteiger partial charge in [-0.05, 0) is 66.3 Å². The third-order valence-corrected chi connectivity index (χ3v) is 6.82. The van der Waals surface area contributed by atoms with E-state index in [-0.39, 0.29) is 12.0 Å². The van der Waals surface area contributed by atoms with Crippen molar-refractivity contribution in [1.29, 1.82) is 0 Å². The standard InChI is InChI=1S/C24H28N2O2/c25-14-16-11-12-26(23(13-16)17-9-10-17)24(27)28-15-22-20-7-3-1-5-18(20)19-6-2-4-8-21(19)22/h1-8,16-17,22-23H,9-15,25H2. The SMILES string of the molecule is NCC1CCN(C(=O)OCC2c3ccccc3-c3ccccc32)C(C2CC2)C1. The number of rotatable bonds is 4. The fourth-order valence-electron chi connectivity index (χ4n) is 5.12. The smallest absolute Gasteiger partial charge is 0.410 e. The monoisotopic (exact) mass is 376 g/mol. The summed E-state index contributed by atoms with van der Waals surface area (Å²) in [6, 6.07) is 17.3. The highest BCUT2D eigenvalue weighted by Gasteiger charge is 2.42. The van der Waals surface area contributed by atoms with Gasteiger partial charge in [-0.25, -0.2) is 4.79 Å². The predicted octanol–water partition coefficient (Wildman–Crippen LogP) is 4.38. The summed E-state index contributed by atoms with van der Waals surface area (Å²) in [6.07, 6.45) is 4.34. The van der Waals surface area contributed by atoms with Gasteiger partial charge in [-0.2, -0.15) is 0 Å². The molecule has 2 unspecified atom stereocenters. The van der Waals surface area contributed by atoms with E-state index in [9.17, 15) is 4.79 Å². The van der Waals surface area contributed by atoms with E-state index < -0.39 is 0 Å². The summed E-state index contributed by atoms with van der Waals surface area (Å²) < 4.78 is 5.91. The molecular formula is C24H28N2O2. The average Bonchev–Trinajstić information content (AvgIpc) is 3.55. The van der Waals surface area contributed by atoms with E-state index in [1.165, 1.54) is 35.1 Å². The quantitative estimate of drug-likeness (QED) is 0.861. The Morgan fingerprint density at radius 2 is 1.64 bits per heavy atom. The van der Waals surface area contributed by atoms with Crippen molar-refractivity contribution in [3.05, 3.63) is 59.7 Å². The zero-order valence-corrected chi connectivity index (χ0v) is 16.2. The van der Waals surface area contributed by atoms with Crippen LogP contribution in [-0.2, 0) is 4.74 Å². The molecule has 2 aromatic rings. The molecular weight excluding hydrogens is 348 g/mol. The maximum Gasteiger partial charge on any atom is 0.410 e. The number of likely N-dealkylation sites (tertiary alicyclic amines) is 1. The van der Waals surface area contributed by atoms with Crippen molar-refractivity contribution in [2.24, 2.45) is 17.6 Å². The van der Waals surface area contributed by atoms with Crippen LogP contribution in [0.15, 0.2) is 48.5 Å². The zero-order valence-electron chi connectivity index (χ0n) is 16.2. The molecule has 0 radical (unpaired) electrons. The Morgan fingerprint density at radius 3 is 2.25 bits per heavy atom. The lowest BCUT2D eigenvalue weighted by Crippen LogP contribution is -2.48. The average molecular weight is 377 g/mol. The molecule has 1 aliphatic heterocycles. The Hall–Kier alpha value is -2.33. The number of amides is 1. The summed E-state index contributed by atoms with van der Waals surface area (Å²) in [7, 11) is 0. The molecule has 4 heteroatoms. The molecule has 0 aromatic heterocycles. The van der Waals surface area contributed by atoms with Crippen molar-refractivity contribution in [1.82, 2.24) is 4.90 Å². The fourth-order valence-corrected chi connectivity index (χ4v) is 5.12. The van der Waals surface area contributed by atoms with E-state index in [0.29, 0.717) is 24.5 Å². The van der Waals surface area contributed by atoms with Gasteiger partial charge in [-0.15, -0.1) is 0 Å². The second kappa shape index (κ2) is 7.25.